The molecule has 26 heavy (non-hydrogen) atoms. The molecule has 0 spiro atoms. The Morgan fingerprint density at radius 1 is 1.19 bits per heavy atom. The molecule has 0 unspecified atom stereocenters. The van der Waals surface area contributed by atoms with E-state index in [4.69, 9.17) is 23.2 Å². The van der Waals surface area contributed by atoms with Gasteiger partial charge in [-0.3, -0.25) is 24.3 Å². The molecular weight excluding hydrogens is 383 g/mol. The minimum absolute atomic E-state index is 0.169. The third kappa shape index (κ3) is 3.81. The van der Waals surface area contributed by atoms with E-state index >= 15 is 0 Å². The maximum atomic E-state index is 12.4. The summed E-state index contributed by atoms with van der Waals surface area (Å²) >= 11 is 11.7. The number of nitro groups is 1. The maximum Gasteiger partial charge on any atom is 0.271 e. The van der Waals surface area contributed by atoms with Crippen molar-refractivity contribution < 1.29 is 9.72 Å². The Morgan fingerprint density at radius 2 is 1.88 bits per heavy atom. The highest BCUT2D eigenvalue weighted by atomic mass is 35.5. The monoisotopic (exact) mass is 392 g/mol. The lowest BCUT2D eigenvalue weighted by molar-refractivity contribution is -0.384. The number of aromatic nitrogens is 2. The van der Waals surface area contributed by atoms with E-state index in [0.717, 1.165) is 4.57 Å². The van der Waals surface area contributed by atoms with Crippen LogP contribution in [-0.4, -0.2) is 20.4 Å². The van der Waals surface area contributed by atoms with Crippen molar-refractivity contribution >= 4 is 51.4 Å². The van der Waals surface area contributed by atoms with E-state index in [1.807, 2.05) is 0 Å². The molecule has 132 valence electrons. The Balaban J connectivity index is 1.85. The van der Waals surface area contributed by atoms with Gasteiger partial charge in [-0.1, -0.05) is 23.2 Å². The number of hydrogen-bond donors (Lipinski definition) is 1. The first kappa shape index (κ1) is 17.8. The fourth-order valence-corrected chi connectivity index (χ4v) is 2.88. The molecule has 0 bridgehead atoms. The SMILES string of the molecule is O=C(Cn1cnc2cc([N+](=O)[O-])ccc2c1=O)Nc1cc(Cl)cc(Cl)c1. The predicted octanol–water partition coefficient (Wildman–Crippen LogP) is 3.25. The van der Waals surface area contributed by atoms with E-state index in [-0.39, 0.29) is 23.1 Å². The summed E-state index contributed by atoms with van der Waals surface area (Å²) in [5, 5.41) is 14.3. The van der Waals surface area contributed by atoms with E-state index < -0.39 is 16.4 Å². The fourth-order valence-electron chi connectivity index (χ4n) is 2.35. The van der Waals surface area contributed by atoms with Crippen molar-refractivity contribution in [3.8, 4) is 0 Å². The minimum Gasteiger partial charge on any atom is -0.324 e. The van der Waals surface area contributed by atoms with Gasteiger partial charge in [-0.15, -0.1) is 0 Å². The first-order chi connectivity index (χ1) is 12.3. The van der Waals surface area contributed by atoms with E-state index in [2.05, 4.69) is 10.3 Å². The van der Waals surface area contributed by atoms with Gasteiger partial charge in [0.1, 0.15) is 6.54 Å². The highest BCUT2D eigenvalue weighted by Gasteiger charge is 2.12. The molecule has 3 aromatic rings. The van der Waals surface area contributed by atoms with Crippen LogP contribution in [0.25, 0.3) is 10.9 Å². The van der Waals surface area contributed by atoms with Crippen LogP contribution in [0.2, 0.25) is 10.0 Å². The zero-order valence-electron chi connectivity index (χ0n) is 13.0. The second-order valence-corrected chi connectivity index (χ2v) is 6.22. The molecule has 0 aliphatic carbocycles. The molecule has 0 saturated carbocycles. The molecule has 8 nitrogen and oxygen atoms in total. The summed E-state index contributed by atoms with van der Waals surface area (Å²) in [6.07, 6.45) is 1.17. The summed E-state index contributed by atoms with van der Waals surface area (Å²) in [7, 11) is 0. The number of halogens is 2. The zero-order valence-corrected chi connectivity index (χ0v) is 14.5. The van der Waals surface area contributed by atoms with Gasteiger partial charge in [0.25, 0.3) is 11.2 Å². The molecule has 1 N–H and O–H groups in total. The average molecular weight is 393 g/mol. The summed E-state index contributed by atoms with van der Waals surface area (Å²) in [5.41, 5.74) is -0.0747. The van der Waals surface area contributed by atoms with Crippen LogP contribution < -0.4 is 10.9 Å². The Hall–Kier alpha value is -2.97. The minimum atomic E-state index is -0.573. The van der Waals surface area contributed by atoms with Crippen LogP contribution >= 0.6 is 23.2 Å². The summed E-state index contributed by atoms with van der Waals surface area (Å²) < 4.78 is 1.11. The number of rotatable bonds is 4. The molecule has 1 amide bonds. The Kier molecular flexibility index (Phi) is 4.88. The van der Waals surface area contributed by atoms with Crippen molar-refractivity contribution in [1.29, 1.82) is 0 Å². The number of fused-ring (bicyclic) bond motifs is 1. The van der Waals surface area contributed by atoms with Crippen LogP contribution in [0.3, 0.4) is 0 Å². The molecule has 10 heteroatoms. The Bertz CT molecular complexity index is 1080. The van der Waals surface area contributed by atoms with Gasteiger partial charge in [-0.25, -0.2) is 4.98 Å². The summed E-state index contributed by atoms with van der Waals surface area (Å²) in [6, 6.07) is 8.29. The smallest absolute Gasteiger partial charge is 0.271 e. The van der Waals surface area contributed by atoms with Gasteiger partial charge >= 0.3 is 0 Å². The van der Waals surface area contributed by atoms with Gasteiger partial charge in [-0.2, -0.15) is 0 Å². The molecule has 0 fully saturated rings. The number of anilines is 1. The average Bonchev–Trinajstić information content (AvgIpc) is 2.56. The summed E-state index contributed by atoms with van der Waals surface area (Å²) in [6.45, 7) is -0.289. The van der Waals surface area contributed by atoms with E-state index in [0.29, 0.717) is 15.7 Å². The molecule has 0 saturated heterocycles. The number of benzene rings is 2. The largest absolute Gasteiger partial charge is 0.324 e. The lowest BCUT2D eigenvalue weighted by atomic mass is 10.2. The first-order valence-corrected chi connectivity index (χ1v) is 7.98. The molecule has 3 rings (SSSR count). The number of nitrogens with zero attached hydrogens (tertiary/aromatic N) is 3. The molecule has 0 aliphatic rings. The maximum absolute atomic E-state index is 12.4. The highest BCUT2D eigenvalue weighted by molar-refractivity contribution is 6.35. The number of non-ortho nitro benzene ring substituents is 1. The topological polar surface area (TPSA) is 107 Å². The molecule has 0 radical (unpaired) electrons. The number of carbonyl (C=O) groups excluding carboxylic acids is 1. The van der Waals surface area contributed by atoms with Crippen molar-refractivity contribution in [3.05, 3.63) is 73.2 Å². The van der Waals surface area contributed by atoms with Gasteiger partial charge in [0.2, 0.25) is 5.91 Å². The van der Waals surface area contributed by atoms with Crippen molar-refractivity contribution in [1.82, 2.24) is 9.55 Å². The van der Waals surface area contributed by atoms with Crippen LogP contribution in [0.15, 0.2) is 47.5 Å². The van der Waals surface area contributed by atoms with Crippen molar-refractivity contribution in [2.24, 2.45) is 0 Å². The van der Waals surface area contributed by atoms with Crippen molar-refractivity contribution in [2.45, 2.75) is 6.54 Å². The highest BCUT2D eigenvalue weighted by Crippen LogP contribution is 2.22. The molecule has 2 aromatic carbocycles. The molecule has 1 heterocycles. The lowest BCUT2D eigenvalue weighted by Crippen LogP contribution is -2.27. The fraction of sp³-hybridized carbons (Fsp3) is 0.0625. The van der Waals surface area contributed by atoms with Crippen LogP contribution in [0.4, 0.5) is 11.4 Å². The van der Waals surface area contributed by atoms with Crippen LogP contribution in [-0.2, 0) is 11.3 Å². The van der Waals surface area contributed by atoms with E-state index in [9.17, 15) is 19.7 Å². The Labute approximate surface area is 156 Å². The molecule has 0 aliphatic heterocycles. The van der Waals surface area contributed by atoms with Gasteiger partial charge in [-0.05, 0) is 24.3 Å². The lowest BCUT2D eigenvalue weighted by Gasteiger charge is -2.08. The normalized spacial score (nSPS) is 10.7. The number of nitrogens with one attached hydrogen (secondary N) is 1. The standard InChI is InChI=1S/C16H10Cl2N4O4/c17-9-3-10(18)5-11(4-9)20-15(23)7-21-8-19-14-6-12(22(25)26)1-2-13(14)16(21)24/h1-6,8H,7H2,(H,20,23). The molecular formula is C16H10Cl2N4O4. The van der Waals surface area contributed by atoms with Crippen molar-refractivity contribution in [2.75, 3.05) is 5.32 Å². The molecule has 0 atom stereocenters. The number of hydrogen-bond acceptors (Lipinski definition) is 5. The zero-order chi connectivity index (χ0) is 18.8. The van der Waals surface area contributed by atoms with E-state index in [1.165, 1.54) is 42.7 Å². The van der Waals surface area contributed by atoms with E-state index in [1.54, 1.807) is 0 Å². The van der Waals surface area contributed by atoms with Gasteiger partial charge in [0.05, 0.1) is 22.2 Å². The number of nitro benzene ring substituents is 1. The third-order valence-corrected chi connectivity index (χ3v) is 3.92. The van der Waals surface area contributed by atoms with Crippen molar-refractivity contribution in [3.63, 3.8) is 0 Å². The summed E-state index contributed by atoms with van der Waals surface area (Å²) in [5.74, 6) is -0.478. The van der Waals surface area contributed by atoms with Gasteiger partial charge in [0, 0.05) is 27.9 Å². The third-order valence-electron chi connectivity index (χ3n) is 3.48. The second kappa shape index (κ2) is 7.11. The second-order valence-electron chi connectivity index (χ2n) is 5.34. The quantitative estimate of drug-likeness (QED) is 0.541. The molecule has 1 aromatic heterocycles. The van der Waals surface area contributed by atoms with Crippen LogP contribution in [0.1, 0.15) is 0 Å². The van der Waals surface area contributed by atoms with Crippen LogP contribution in [0.5, 0.6) is 0 Å². The van der Waals surface area contributed by atoms with Gasteiger partial charge in [0.15, 0.2) is 0 Å². The summed E-state index contributed by atoms with van der Waals surface area (Å²) in [4.78, 5) is 38.8. The van der Waals surface area contributed by atoms with Gasteiger partial charge < -0.3 is 5.32 Å². The number of amides is 1. The van der Waals surface area contributed by atoms with Crippen LogP contribution in [0, 0.1) is 10.1 Å². The number of carbonyl (C=O) groups is 1. The predicted molar refractivity (Wildman–Crippen MR) is 97.7 cm³/mol. The first-order valence-electron chi connectivity index (χ1n) is 7.23. The Morgan fingerprint density at radius 3 is 2.54 bits per heavy atom.